The van der Waals surface area contributed by atoms with Gasteiger partial charge in [0.25, 0.3) is 5.91 Å². The van der Waals surface area contributed by atoms with Crippen molar-refractivity contribution >= 4 is 11.7 Å². The Morgan fingerprint density at radius 2 is 2.26 bits per heavy atom. The summed E-state index contributed by atoms with van der Waals surface area (Å²) in [6.07, 6.45) is 6.40. The summed E-state index contributed by atoms with van der Waals surface area (Å²) in [4.78, 5) is 16.8. The highest BCUT2D eigenvalue weighted by Gasteiger charge is 2.36. The van der Waals surface area contributed by atoms with Gasteiger partial charge in [-0.05, 0) is 30.9 Å². The van der Waals surface area contributed by atoms with Gasteiger partial charge in [0.1, 0.15) is 5.82 Å². The Kier molecular flexibility index (Phi) is 4.29. The number of aromatic nitrogens is 3. The van der Waals surface area contributed by atoms with Gasteiger partial charge >= 0.3 is 0 Å². The Morgan fingerprint density at radius 3 is 2.87 bits per heavy atom. The highest BCUT2D eigenvalue weighted by Crippen LogP contribution is 2.38. The molecule has 0 spiro atoms. The summed E-state index contributed by atoms with van der Waals surface area (Å²) in [7, 11) is 3.58. The van der Waals surface area contributed by atoms with Crippen LogP contribution in [0.5, 0.6) is 0 Å². The molecule has 7 nitrogen and oxygen atoms in total. The van der Waals surface area contributed by atoms with Gasteiger partial charge < -0.3 is 15.7 Å². The molecule has 3 N–H and O–H groups in total. The van der Waals surface area contributed by atoms with E-state index in [1.807, 2.05) is 13.2 Å². The Labute approximate surface area is 134 Å². The van der Waals surface area contributed by atoms with Gasteiger partial charge in [-0.1, -0.05) is 0 Å². The van der Waals surface area contributed by atoms with E-state index >= 15 is 0 Å². The molecule has 23 heavy (non-hydrogen) atoms. The minimum atomic E-state index is -0.276. The number of nitrogens with one attached hydrogen (secondary N) is 2. The van der Waals surface area contributed by atoms with Crippen molar-refractivity contribution in [3.63, 3.8) is 0 Å². The van der Waals surface area contributed by atoms with E-state index in [1.165, 1.54) is 0 Å². The number of carbonyl (C=O) groups excluding carboxylic acids is 1. The lowest BCUT2D eigenvalue weighted by Gasteiger charge is -2.37. The number of aliphatic hydroxyl groups excluding tert-OH is 1. The zero-order valence-corrected chi connectivity index (χ0v) is 13.2. The van der Waals surface area contributed by atoms with Crippen LogP contribution in [0.2, 0.25) is 0 Å². The molecule has 1 atom stereocenters. The molecule has 1 aliphatic carbocycles. The molecule has 1 fully saturated rings. The van der Waals surface area contributed by atoms with Crippen molar-refractivity contribution in [2.45, 2.75) is 25.0 Å². The third-order valence-corrected chi connectivity index (χ3v) is 4.28. The van der Waals surface area contributed by atoms with E-state index in [-0.39, 0.29) is 24.0 Å². The minimum Gasteiger partial charge on any atom is -0.393 e. The first kappa shape index (κ1) is 15.5. The Hall–Kier alpha value is -2.41. The summed E-state index contributed by atoms with van der Waals surface area (Å²) in [6, 6.07) is 3.32. The molecule has 1 saturated carbocycles. The molecule has 0 unspecified atom stereocenters. The number of nitrogens with zero attached hydrogens (tertiary/aromatic N) is 3. The number of rotatable bonds is 5. The molecule has 0 bridgehead atoms. The van der Waals surface area contributed by atoms with Gasteiger partial charge in [0, 0.05) is 32.1 Å². The second-order valence-corrected chi connectivity index (χ2v) is 5.93. The third kappa shape index (κ3) is 3.19. The monoisotopic (exact) mass is 315 g/mol. The number of amides is 1. The SMILES string of the molecule is CNc1ncccc1C(=O)N[C@@H](c1cnn(C)c1)C1CC(O)C1. The van der Waals surface area contributed by atoms with Crippen LogP contribution in [0.25, 0.3) is 0 Å². The van der Waals surface area contributed by atoms with Crippen LogP contribution in [0.3, 0.4) is 0 Å². The van der Waals surface area contributed by atoms with Gasteiger partial charge in [0.15, 0.2) is 0 Å². The van der Waals surface area contributed by atoms with Gasteiger partial charge in [-0.2, -0.15) is 5.10 Å². The maximum atomic E-state index is 12.7. The van der Waals surface area contributed by atoms with E-state index in [9.17, 15) is 9.90 Å². The minimum absolute atomic E-state index is 0.162. The standard InChI is InChI=1S/C16H21N5O2/c1-17-15-13(4-3-5-18-15)16(23)20-14(10-6-12(22)7-10)11-8-19-21(2)9-11/h3-5,8-10,12,14,22H,6-7H2,1-2H3,(H,17,18)(H,20,23)/t10?,12?,14-/m1/s1. The normalized spacial score (nSPS) is 21.3. The van der Waals surface area contributed by atoms with E-state index in [2.05, 4.69) is 20.7 Å². The molecule has 1 amide bonds. The molecule has 122 valence electrons. The van der Waals surface area contributed by atoms with Crippen LogP contribution < -0.4 is 10.6 Å². The largest absolute Gasteiger partial charge is 0.393 e. The smallest absolute Gasteiger partial charge is 0.255 e. The van der Waals surface area contributed by atoms with Crippen LogP contribution in [-0.2, 0) is 7.05 Å². The molecule has 0 saturated heterocycles. The predicted octanol–water partition coefficient (Wildman–Crippen LogP) is 1.10. The zero-order chi connectivity index (χ0) is 16.4. The molecule has 2 aromatic rings. The molecule has 2 heterocycles. The number of hydrogen-bond acceptors (Lipinski definition) is 5. The molecule has 7 heteroatoms. The lowest BCUT2D eigenvalue weighted by molar-refractivity contribution is 0.0235. The number of aryl methyl sites for hydroxylation is 1. The van der Waals surface area contributed by atoms with Gasteiger partial charge in [-0.3, -0.25) is 9.48 Å². The maximum Gasteiger partial charge on any atom is 0.255 e. The van der Waals surface area contributed by atoms with Gasteiger partial charge in [0.05, 0.1) is 23.9 Å². The van der Waals surface area contributed by atoms with E-state index in [1.54, 1.807) is 36.3 Å². The molecule has 1 aliphatic rings. The molecular formula is C16H21N5O2. The first-order valence-corrected chi connectivity index (χ1v) is 7.68. The summed E-state index contributed by atoms with van der Waals surface area (Å²) < 4.78 is 1.71. The fourth-order valence-electron chi connectivity index (χ4n) is 2.98. The maximum absolute atomic E-state index is 12.7. The van der Waals surface area contributed by atoms with Crippen LogP contribution in [0.4, 0.5) is 5.82 Å². The Morgan fingerprint density at radius 1 is 1.48 bits per heavy atom. The zero-order valence-electron chi connectivity index (χ0n) is 13.2. The van der Waals surface area contributed by atoms with Gasteiger partial charge in [-0.15, -0.1) is 0 Å². The molecule has 3 rings (SSSR count). The number of pyridine rings is 1. The first-order valence-electron chi connectivity index (χ1n) is 7.68. The average molecular weight is 315 g/mol. The van der Waals surface area contributed by atoms with Crippen molar-refractivity contribution < 1.29 is 9.90 Å². The average Bonchev–Trinajstić information content (AvgIpc) is 2.96. The van der Waals surface area contributed by atoms with Crippen LogP contribution >= 0.6 is 0 Å². The van der Waals surface area contributed by atoms with Crippen molar-refractivity contribution in [3.05, 3.63) is 41.9 Å². The molecule has 0 aliphatic heterocycles. The second kappa shape index (κ2) is 6.37. The molecule has 0 aromatic carbocycles. The summed E-state index contributed by atoms with van der Waals surface area (Å²) in [5, 5.41) is 19.8. The fraction of sp³-hybridized carbons (Fsp3) is 0.438. The van der Waals surface area contributed by atoms with E-state index in [0.717, 1.165) is 5.56 Å². The highest BCUT2D eigenvalue weighted by molar-refractivity contribution is 5.98. The number of anilines is 1. The number of aliphatic hydroxyl groups is 1. The topological polar surface area (TPSA) is 92.1 Å². The molecule has 2 aromatic heterocycles. The Bertz CT molecular complexity index is 693. The second-order valence-electron chi connectivity index (χ2n) is 5.93. The number of carbonyl (C=O) groups is 1. The van der Waals surface area contributed by atoms with Crippen molar-refractivity contribution in [2.75, 3.05) is 12.4 Å². The predicted molar refractivity (Wildman–Crippen MR) is 85.9 cm³/mol. The molecular weight excluding hydrogens is 294 g/mol. The lowest BCUT2D eigenvalue weighted by atomic mass is 9.75. The van der Waals surface area contributed by atoms with Gasteiger partial charge in [0.2, 0.25) is 0 Å². The van der Waals surface area contributed by atoms with E-state index in [0.29, 0.717) is 24.2 Å². The summed E-state index contributed by atoms with van der Waals surface area (Å²) in [6.45, 7) is 0. The quantitative estimate of drug-likeness (QED) is 0.768. The summed E-state index contributed by atoms with van der Waals surface area (Å²) in [5.41, 5.74) is 1.46. The van der Waals surface area contributed by atoms with Crippen LogP contribution in [0.1, 0.15) is 34.8 Å². The van der Waals surface area contributed by atoms with Crippen LogP contribution in [0.15, 0.2) is 30.7 Å². The third-order valence-electron chi connectivity index (χ3n) is 4.28. The fourth-order valence-corrected chi connectivity index (χ4v) is 2.98. The summed E-state index contributed by atoms with van der Waals surface area (Å²) in [5.74, 6) is 0.578. The van der Waals surface area contributed by atoms with Gasteiger partial charge in [-0.25, -0.2) is 4.98 Å². The van der Waals surface area contributed by atoms with Crippen LogP contribution in [-0.4, -0.2) is 38.9 Å². The van der Waals surface area contributed by atoms with Crippen molar-refractivity contribution in [2.24, 2.45) is 13.0 Å². The van der Waals surface area contributed by atoms with E-state index in [4.69, 9.17) is 0 Å². The molecule has 0 radical (unpaired) electrons. The van der Waals surface area contributed by atoms with Crippen molar-refractivity contribution in [1.29, 1.82) is 0 Å². The lowest BCUT2D eigenvalue weighted by Crippen LogP contribution is -2.41. The van der Waals surface area contributed by atoms with Crippen molar-refractivity contribution in [1.82, 2.24) is 20.1 Å². The van der Waals surface area contributed by atoms with Crippen LogP contribution in [0, 0.1) is 5.92 Å². The first-order chi connectivity index (χ1) is 11.1. The summed E-state index contributed by atoms with van der Waals surface area (Å²) >= 11 is 0. The Balaban J connectivity index is 1.82. The van der Waals surface area contributed by atoms with Crippen molar-refractivity contribution in [3.8, 4) is 0 Å². The van der Waals surface area contributed by atoms with E-state index < -0.39 is 0 Å². The highest BCUT2D eigenvalue weighted by atomic mass is 16.3. The number of hydrogen-bond donors (Lipinski definition) is 3.